The van der Waals surface area contributed by atoms with E-state index in [1.165, 1.54) is 24.6 Å². The lowest BCUT2D eigenvalue weighted by molar-refractivity contribution is 0.0697. The molecule has 0 aliphatic heterocycles. The summed E-state index contributed by atoms with van der Waals surface area (Å²) in [6, 6.07) is 6.71. The van der Waals surface area contributed by atoms with Crippen LogP contribution < -0.4 is 5.32 Å². The fourth-order valence-electron chi connectivity index (χ4n) is 2.37. The van der Waals surface area contributed by atoms with Crippen molar-refractivity contribution < 1.29 is 18.3 Å². The second-order valence-corrected chi connectivity index (χ2v) is 8.74. The number of nitrogens with one attached hydrogen (secondary N) is 1. The monoisotopic (exact) mass is 392 g/mol. The minimum atomic E-state index is -3.45. The van der Waals surface area contributed by atoms with Crippen molar-refractivity contribution >= 4 is 21.8 Å². The Balaban J connectivity index is 2.13. The summed E-state index contributed by atoms with van der Waals surface area (Å²) in [6.07, 6.45) is 2.42. The summed E-state index contributed by atoms with van der Waals surface area (Å²) in [5.41, 5.74) is 0.975. The molecule has 0 fully saturated rings. The van der Waals surface area contributed by atoms with E-state index in [1.54, 1.807) is 24.3 Å². The van der Waals surface area contributed by atoms with Crippen LogP contribution in [0.2, 0.25) is 0 Å². The van der Waals surface area contributed by atoms with Crippen molar-refractivity contribution in [2.45, 2.75) is 37.6 Å². The fourth-order valence-corrected chi connectivity index (χ4v) is 3.28. The maximum atomic E-state index is 12.1. The first-order chi connectivity index (χ1) is 12.6. The molecule has 0 saturated heterocycles. The van der Waals surface area contributed by atoms with Crippen molar-refractivity contribution in [1.82, 2.24) is 14.3 Å². The maximum absolute atomic E-state index is 12.1. The average Bonchev–Trinajstić information content (AvgIpc) is 2.59. The first-order valence-electron chi connectivity index (χ1n) is 8.48. The molecule has 0 aliphatic rings. The van der Waals surface area contributed by atoms with Crippen molar-refractivity contribution in [2.75, 3.05) is 19.4 Å². The number of carboxylic acids is 1. The molecule has 2 aromatic rings. The first kappa shape index (κ1) is 20.8. The summed E-state index contributed by atoms with van der Waals surface area (Å²) >= 11 is 0. The Bertz CT molecular complexity index is 909. The van der Waals surface area contributed by atoms with Crippen LogP contribution in [0.3, 0.4) is 0 Å². The van der Waals surface area contributed by atoms with Crippen LogP contribution in [-0.2, 0) is 22.9 Å². The predicted octanol–water partition coefficient (Wildman–Crippen LogP) is 2.03. The van der Waals surface area contributed by atoms with E-state index in [1.807, 2.05) is 13.8 Å². The summed E-state index contributed by atoms with van der Waals surface area (Å²) in [4.78, 5) is 20.0. The zero-order chi connectivity index (χ0) is 20.2. The molecule has 9 heteroatoms. The molecule has 2 rings (SSSR count). The van der Waals surface area contributed by atoms with Gasteiger partial charge in [-0.25, -0.2) is 27.5 Å². The molecule has 0 atom stereocenters. The number of carboxylic acid groups (broad SMARTS) is 1. The highest BCUT2D eigenvalue weighted by Crippen LogP contribution is 2.16. The first-order valence-corrected chi connectivity index (χ1v) is 9.92. The number of aromatic carboxylic acids is 1. The minimum Gasteiger partial charge on any atom is -0.477 e. The highest BCUT2D eigenvalue weighted by atomic mass is 32.2. The third kappa shape index (κ3) is 5.24. The predicted molar refractivity (Wildman–Crippen MR) is 102 cm³/mol. The van der Waals surface area contributed by atoms with Crippen LogP contribution in [0.25, 0.3) is 0 Å². The molecule has 27 heavy (non-hydrogen) atoms. The molecule has 0 bridgehead atoms. The van der Waals surface area contributed by atoms with Gasteiger partial charge in [-0.05, 0) is 38.0 Å². The SMILES string of the molecule is CC(C)Nc1nc(CCc2ccc(S(=O)(=O)N(C)C)cc2)ncc1C(=O)O. The van der Waals surface area contributed by atoms with Crippen molar-refractivity contribution in [3.63, 3.8) is 0 Å². The fraction of sp³-hybridized carbons (Fsp3) is 0.389. The summed E-state index contributed by atoms with van der Waals surface area (Å²) < 4.78 is 25.3. The average molecular weight is 392 g/mol. The molecule has 146 valence electrons. The molecule has 0 amide bonds. The summed E-state index contributed by atoms with van der Waals surface area (Å²) in [6.45, 7) is 3.80. The Labute approximate surface area is 159 Å². The molecule has 2 N–H and O–H groups in total. The smallest absolute Gasteiger partial charge is 0.341 e. The zero-order valence-electron chi connectivity index (χ0n) is 15.8. The molecule has 1 heterocycles. The van der Waals surface area contributed by atoms with Crippen LogP contribution in [0.15, 0.2) is 35.4 Å². The van der Waals surface area contributed by atoms with Crippen LogP contribution >= 0.6 is 0 Å². The Hall–Kier alpha value is -2.52. The molecule has 8 nitrogen and oxygen atoms in total. The van der Waals surface area contributed by atoms with E-state index in [9.17, 15) is 18.3 Å². The largest absolute Gasteiger partial charge is 0.477 e. The Morgan fingerprint density at radius 2 is 1.81 bits per heavy atom. The van der Waals surface area contributed by atoms with Crippen LogP contribution in [0, 0.1) is 0 Å². The van der Waals surface area contributed by atoms with Gasteiger partial charge >= 0.3 is 5.97 Å². The third-order valence-electron chi connectivity index (χ3n) is 3.83. The lowest BCUT2D eigenvalue weighted by Crippen LogP contribution is -2.22. The van der Waals surface area contributed by atoms with Gasteiger partial charge in [0.2, 0.25) is 10.0 Å². The highest BCUT2D eigenvalue weighted by molar-refractivity contribution is 7.89. The van der Waals surface area contributed by atoms with E-state index in [0.717, 1.165) is 5.56 Å². The van der Waals surface area contributed by atoms with E-state index in [0.29, 0.717) is 24.5 Å². The number of anilines is 1. The minimum absolute atomic E-state index is 0.0331. The van der Waals surface area contributed by atoms with Gasteiger partial charge in [0.1, 0.15) is 17.2 Å². The molecule has 0 spiro atoms. The molecule has 1 aromatic heterocycles. The number of benzene rings is 1. The number of aromatic nitrogens is 2. The highest BCUT2D eigenvalue weighted by Gasteiger charge is 2.17. The van der Waals surface area contributed by atoms with E-state index in [2.05, 4.69) is 15.3 Å². The number of nitrogens with zero attached hydrogens (tertiary/aromatic N) is 3. The van der Waals surface area contributed by atoms with Gasteiger partial charge in [0.25, 0.3) is 0 Å². The topological polar surface area (TPSA) is 112 Å². The number of carbonyl (C=O) groups is 1. The van der Waals surface area contributed by atoms with Gasteiger partial charge in [-0.15, -0.1) is 0 Å². The standard InChI is InChI=1S/C18H24N4O4S/c1-12(2)20-17-15(18(23)24)11-19-16(21-17)10-7-13-5-8-14(9-6-13)27(25,26)22(3)4/h5-6,8-9,11-12H,7,10H2,1-4H3,(H,23,24)(H,19,20,21). The third-order valence-corrected chi connectivity index (χ3v) is 5.66. The number of hydrogen-bond acceptors (Lipinski definition) is 6. The van der Waals surface area contributed by atoms with Crippen molar-refractivity contribution in [3.8, 4) is 0 Å². The van der Waals surface area contributed by atoms with Crippen LogP contribution in [-0.4, -0.2) is 53.9 Å². The van der Waals surface area contributed by atoms with Gasteiger partial charge in [0.05, 0.1) is 4.90 Å². The van der Waals surface area contributed by atoms with Gasteiger partial charge in [-0.2, -0.15) is 0 Å². The lowest BCUT2D eigenvalue weighted by atomic mass is 10.1. The maximum Gasteiger partial charge on any atom is 0.341 e. The number of rotatable bonds is 8. The number of sulfonamides is 1. The molecule has 1 aromatic carbocycles. The molecular formula is C18H24N4O4S. The van der Waals surface area contributed by atoms with E-state index in [4.69, 9.17) is 0 Å². The second kappa shape index (κ2) is 8.45. The van der Waals surface area contributed by atoms with Crippen LogP contribution in [0.4, 0.5) is 5.82 Å². The summed E-state index contributed by atoms with van der Waals surface area (Å²) in [5.74, 6) is -0.259. The molecule has 0 unspecified atom stereocenters. The van der Waals surface area contributed by atoms with Crippen molar-refractivity contribution in [3.05, 3.63) is 47.4 Å². The molecule has 0 radical (unpaired) electrons. The van der Waals surface area contributed by atoms with Crippen molar-refractivity contribution in [2.24, 2.45) is 0 Å². The van der Waals surface area contributed by atoms with Crippen LogP contribution in [0.5, 0.6) is 0 Å². The van der Waals surface area contributed by atoms with E-state index >= 15 is 0 Å². The quantitative estimate of drug-likeness (QED) is 0.707. The van der Waals surface area contributed by atoms with Gasteiger partial charge in [-0.1, -0.05) is 12.1 Å². The summed E-state index contributed by atoms with van der Waals surface area (Å²) in [5, 5.41) is 12.3. The molecule has 0 aliphatic carbocycles. The number of aryl methyl sites for hydroxylation is 2. The van der Waals surface area contributed by atoms with Gasteiger partial charge in [0, 0.05) is 32.8 Å². The van der Waals surface area contributed by atoms with E-state index in [-0.39, 0.29) is 16.5 Å². The van der Waals surface area contributed by atoms with Gasteiger partial charge < -0.3 is 10.4 Å². The summed E-state index contributed by atoms with van der Waals surface area (Å²) in [7, 11) is -0.466. The zero-order valence-corrected chi connectivity index (χ0v) is 16.6. The van der Waals surface area contributed by atoms with Gasteiger partial charge in [-0.3, -0.25) is 0 Å². The van der Waals surface area contributed by atoms with E-state index < -0.39 is 16.0 Å². The normalized spacial score (nSPS) is 11.8. The van der Waals surface area contributed by atoms with Gasteiger partial charge in [0.15, 0.2) is 0 Å². The Kier molecular flexibility index (Phi) is 6.50. The van der Waals surface area contributed by atoms with Crippen LogP contribution in [0.1, 0.15) is 35.6 Å². The molecule has 0 saturated carbocycles. The lowest BCUT2D eigenvalue weighted by Gasteiger charge is -2.13. The molecular weight excluding hydrogens is 368 g/mol. The Morgan fingerprint density at radius 3 is 2.33 bits per heavy atom. The second-order valence-electron chi connectivity index (χ2n) is 6.58. The number of hydrogen-bond donors (Lipinski definition) is 2. The van der Waals surface area contributed by atoms with Crippen molar-refractivity contribution in [1.29, 1.82) is 0 Å². The Morgan fingerprint density at radius 1 is 1.19 bits per heavy atom.